The molecule has 7 heteroatoms. The van der Waals surface area contributed by atoms with Gasteiger partial charge in [-0.1, -0.05) is 13.3 Å². The summed E-state index contributed by atoms with van der Waals surface area (Å²) in [5, 5.41) is 0. The minimum Gasteiger partial charge on any atom is -0.494 e. The molecule has 146 valence electrons. The Morgan fingerprint density at radius 3 is 2.63 bits per heavy atom. The van der Waals surface area contributed by atoms with Gasteiger partial charge in [0, 0.05) is 11.6 Å². The Balaban J connectivity index is 1.76. The zero-order valence-electron chi connectivity index (χ0n) is 15.5. The van der Waals surface area contributed by atoms with Gasteiger partial charge in [-0.3, -0.25) is 4.79 Å². The number of unbranched alkanes of at least 4 members (excludes halogenated alkanes) is 1. The van der Waals surface area contributed by atoms with E-state index in [0.717, 1.165) is 18.6 Å². The van der Waals surface area contributed by atoms with Gasteiger partial charge in [-0.15, -0.1) is 0 Å². The number of sulfone groups is 1. The average Bonchev–Trinajstić information content (AvgIpc) is 3.29. The maximum absolute atomic E-state index is 13.1. The van der Waals surface area contributed by atoms with Crippen LogP contribution in [-0.2, 0) is 16.4 Å². The molecule has 1 aliphatic rings. The summed E-state index contributed by atoms with van der Waals surface area (Å²) in [6, 6.07) is 10.2. The normalized spacial score (nSPS) is 18.3. The molecule has 1 amide bonds. The predicted molar refractivity (Wildman–Crippen MR) is 102 cm³/mol. The van der Waals surface area contributed by atoms with Gasteiger partial charge in [-0.05, 0) is 49.2 Å². The molecule has 0 radical (unpaired) electrons. The van der Waals surface area contributed by atoms with E-state index in [1.54, 1.807) is 47.6 Å². The SMILES string of the molecule is CCCCOc1ccc(C(=O)N(Cc2ccco2)[C@@H]2CCS(=O)(=O)C2)cc1. The number of nitrogens with zero attached hydrogens (tertiary/aromatic N) is 1. The molecule has 0 saturated carbocycles. The standard InChI is InChI=1S/C20H25NO5S/c1-2-3-11-25-18-8-6-16(7-9-18)20(22)21(14-19-5-4-12-26-19)17-10-13-27(23,24)15-17/h4-9,12,17H,2-3,10-11,13-15H2,1H3/t17-/m1/s1. The topological polar surface area (TPSA) is 76.8 Å². The molecule has 1 aromatic heterocycles. The summed E-state index contributed by atoms with van der Waals surface area (Å²) in [6.45, 7) is 3.00. The number of carbonyl (C=O) groups is 1. The summed E-state index contributed by atoms with van der Waals surface area (Å²) in [4.78, 5) is 14.7. The molecule has 1 atom stereocenters. The van der Waals surface area contributed by atoms with Crippen LogP contribution in [0.5, 0.6) is 5.75 Å². The lowest BCUT2D eigenvalue weighted by Gasteiger charge is -2.27. The lowest BCUT2D eigenvalue weighted by atomic mass is 10.1. The van der Waals surface area contributed by atoms with Crippen molar-refractivity contribution >= 4 is 15.7 Å². The summed E-state index contributed by atoms with van der Waals surface area (Å²) < 4.78 is 34.8. The van der Waals surface area contributed by atoms with E-state index in [1.165, 1.54) is 0 Å². The number of benzene rings is 1. The average molecular weight is 391 g/mol. The molecule has 6 nitrogen and oxygen atoms in total. The van der Waals surface area contributed by atoms with E-state index in [0.29, 0.717) is 24.4 Å². The minimum atomic E-state index is -3.10. The van der Waals surface area contributed by atoms with Crippen molar-refractivity contribution in [3.05, 3.63) is 54.0 Å². The van der Waals surface area contributed by atoms with E-state index >= 15 is 0 Å². The van der Waals surface area contributed by atoms with Crippen LogP contribution in [0.1, 0.15) is 42.3 Å². The molecule has 0 spiro atoms. The van der Waals surface area contributed by atoms with E-state index in [-0.39, 0.29) is 30.0 Å². The van der Waals surface area contributed by atoms with Gasteiger partial charge >= 0.3 is 0 Å². The van der Waals surface area contributed by atoms with E-state index in [2.05, 4.69) is 6.92 Å². The van der Waals surface area contributed by atoms with Crippen LogP contribution in [0.2, 0.25) is 0 Å². The molecule has 0 unspecified atom stereocenters. The van der Waals surface area contributed by atoms with Crippen molar-refractivity contribution in [3.8, 4) is 5.75 Å². The van der Waals surface area contributed by atoms with Gasteiger partial charge in [0.05, 0.1) is 30.9 Å². The number of hydrogen-bond acceptors (Lipinski definition) is 5. The number of amides is 1. The number of hydrogen-bond donors (Lipinski definition) is 0. The lowest BCUT2D eigenvalue weighted by molar-refractivity contribution is 0.0666. The highest BCUT2D eigenvalue weighted by Crippen LogP contribution is 2.23. The Kier molecular flexibility index (Phi) is 6.21. The van der Waals surface area contributed by atoms with Crippen LogP contribution >= 0.6 is 0 Å². The smallest absolute Gasteiger partial charge is 0.254 e. The third-order valence-corrected chi connectivity index (χ3v) is 6.43. The Morgan fingerprint density at radius 2 is 2.04 bits per heavy atom. The summed E-state index contributed by atoms with van der Waals surface area (Å²) in [7, 11) is -3.10. The molecule has 3 rings (SSSR count). The monoisotopic (exact) mass is 391 g/mol. The van der Waals surface area contributed by atoms with Gasteiger partial charge in [-0.25, -0.2) is 8.42 Å². The molecule has 0 bridgehead atoms. The first-order valence-corrected chi connectivity index (χ1v) is 11.1. The van der Waals surface area contributed by atoms with Crippen molar-refractivity contribution in [2.45, 2.75) is 38.8 Å². The number of furan rings is 1. The highest BCUT2D eigenvalue weighted by molar-refractivity contribution is 7.91. The first kappa shape index (κ1) is 19.5. The van der Waals surface area contributed by atoms with E-state index in [4.69, 9.17) is 9.15 Å². The van der Waals surface area contributed by atoms with E-state index in [9.17, 15) is 13.2 Å². The van der Waals surface area contributed by atoms with Crippen LogP contribution in [-0.4, -0.2) is 43.4 Å². The molecule has 0 N–H and O–H groups in total. The van der Waals surface area contributed by atoms with Crippen molar-refractivity contribution in [1.29, 1.82) is 0 Å². The highest BCUT2D eigenvalue weighted by atomic mass is 32.2. The zero-order valence-corrected chi connectivity index (χ0v) is 16.3. The molecular formula is C20H25NO5S. The summed E-state index contributed by atoms with van der Waals surface area (Å²) in [5.41, 5.74) is 0.508. The van der Waals surface area contributed by atoms with Crippen LogP contribution in [0.4, 0.5) is 0 Å². The number of rotatable bonds is 8. The second-order valence-electron chi connectivity index (χ2n) is 6.80. The first-order chi connectivity index (χ1) is 13.0. The Hall–Kier alpha value is -2.28. The van der Waals surface area contributed by atoms with Gasteiger partial charge < -0.3 is 14.1 Å². The third-order valence-electron chi connectivity index (χ3n) is 4.68. The fourth-order valence-corrected chi connectivity index (χ4v) is 4.88. The molecule has 27 heavy (non-hydrogen) atoms. The predicted octanol–water partition coefficient (Wildman–Crippen LogP) is 3.29. The van der Waals surface area contributed by atoms with Gasteiger partial charge in [0.25, 0.3) is 5.91 Å². The molecule has 0 aliphatic carbocycles. The highest BCUT2D eigenvalue weighted by Gasteiger charge is 2.35. The Labute approximate surface area is 160 Å². The quantitative estimate of drug-likeness (QED) is 0.646. The maximum atomic E-state index is 13.1. The van der Waals surface area contributed by atoms with Crippen LogP contribution in [0.3, 0.4) is 0 Å². The molecule has 2 aromatic rings. The molecule has 1 fully saturated rings. The van der Waals surface area contributed by atoms with Gasteiger partial charge in [0.15, 0.2) is 9.84 Å². The van der Waals surface area contributed by atoms with Crippen LogP contribution in [0.25, 0.3) is 0 Å². The van der Waals surface area contributed by atoms with E-state index < -0.39 is 9.84 Å². The first-order valence-electron chi connectivity index (χ1n) is 9.25. The maximum Gasteiger partial charge on any atom is 0.254 e. The van der Waals surface area contributed by atoms with Crippen molar-refractivity contribution in [2.75, 3.05) is 18.1 Å². The van der Waals surface area contributed by atoms with E-state index in [1.807, 2.05) is 0 Å². The largest absolute Gasteiger partial charge is 0.494 e. The summed E-state index contributed by atoms with van der Waals surface area (Å²) in [6.07, 6.45) is 4.04. The Morgan fingerprint density at radius 1 is 1.26 bits per heavy atom. The molecule has 2 heterocycles. The fourth-order valence-electron chi connectivity index (χ4n) is 3.15. The zero-order chi connectivity index (χ0) is 19.3. The Bertz CT molecular complexity index is 843. The molecule has 1 saturated heterocycles. The summed E-state index contributed by atoms with van der Waals surface area (Å²) >= 11 is 0. The van der Waals surface area contributed by atoms with Crippen molar-refractivity contribution < 1.29 is 22.4 Å². The van der Waals surface area contributed by atoms with Crippen molar-refractivity contribution in [3.63, 3.8) is 0 Å². The van der Waals surface area contributed by atoms with Gasteiger partial charge in [0.1, 0.15) is 11.5 Å². The number of ether oxygens (including phenoxy) is 1. The fraction of sp³-hybridized carbons (Fsp3) is 0.450. The van der Waals surface area contributed by atoms with Crippen LogP contribution in [0.15, 0.2) is 47.1 Å². The third kappa shape index (κ3) is 5.13. The van der Waals surface area contributed by atoms with Gasteiger partial charge in [0.2, 0.25) is 0 Å². The molecule has 1 aromatic carbocycles. The number of carbonyl (C=O) groups excluding carboxylic acids is 1. The van der Waals surface area contributed by atoms with Crippen molar-refractivity contribution in [1.82, 2.24) is 4.90 Å². The van der Waals surface area contributed by atoms with Crippen LogP contribution < -0.4 is 4.74 Å². The molecular weight excluding hydrogens is 366 g/mol. The van der Waals surface area contributed by atoms with Crippen molar-refractivity contribution in [2.24, 2.45) is 0 Å². The second-order valence-corrected chi connectivity index (χ2v) is 9.02. The molecule has 1 aliphatic heterocycles. The summed E-state index contributed by atoms with van der Waals surface area (Å²) in [5.74, 6) is 1.27. The minimum absolute atomic E-state index is 0.00232. The lowest BCUT2D eigenvalue weighted by Crippen LogP contribution is -2.40. The van der Waals surface area contributed by atoms with Crippen LogP contribution in [0, 0.1) is 0 Å². The van der Waals surface area contributed by atoms with Gasteiger partial charge in [-0.2, -0.15) is 0 Å². The second kappa shape index (κ2) is 8.61.